The fourth-order valence-electron chi connectivity index (χ4n) is 2.34. The lowest BCUT2D eigenvalue weighted by atomic mass is 10.2. The van der Waals surface area contributed by atoms with Crippen LogP contribution in [-0.2, 0) is 6.54 Å². The van der Waals surface area contributed by atoms with Crippen LogP contribution in [0.15, 0.2) is 10.5 Å². The maximum Gasteiger partial charge on any atom is 0.301 e. The van der Waals surface area contributed by atoms with Crippen molar-refractivity contribution in [2.75, 3.05) is 6.54 Å². The van der Waals surface area contributed by atoms with Crippen LogP contribution in [0.4, 0.5) is 0 Å². The van der Waals surface area contributed by atoms with E-state index in [9.17, 15) is 4.79 Å². The molecule has 0 aromatic carbocycles. The zero-order valence-corrected chi connectivity index (χ0v) is 10.3. The molecule has 1 amide bonds. The minimum Gasteiger partial charge on any atom is -0.454 e. The van der Waals surface area contributed by atoms with Crippen LogP contribution in [0.2, 0.25) is 0 Å². The van der Waals surface area contributed by atoms with E-state index in [0.29, 0.717) is 11.8 Å². The van der Waals surface area contributed by atoms with E-state index in [1.54, 1.807) is 0 Å². The molecule has 1 aromatic rings. The van der Waals surface area contributed by atoms with Crippen molar-refractivity contribution < 1.29 is 9.21 Å². The maximum atomic E-state index is 11.4. The van der Waals surface area contributed by atoms with Crippen LogP contribution < -0.4 is 11.3 Å². The van der Waals surface area contributed by atoms with E-state index in [2.05, 4.69) is 17.2 Å². The van der Waals surface area contributed by atoms with Crippen LogP contribution in [-0.4, -0.2) is 23.4 Å². The molecular weight excluding hydrogens is 218 g/mol. The van der Waals surface area contributed by atoms with Crippen molar-refractivity contribution in [1.29, 1.82) is 0 Å². The van der Waals surface area contributed by atoms with Gasteiger partial charge >= 0.3 is 5.91 Å². The third-order valence-corrected chi connectivity index (χ3v) is 3.36. The topological polar surface area (TPSA) is 71.5 Å². The number of hydrazine groups is 1. The molecule has 1 saturated heterocycles. The maximum absolute atomic E-state index is 11.4. The average Bonchev–Trinajstić information content (AvgIpc) is 2.86. The van der Waals surface area contributed by atoms with Gasteiger partial charge in [-0.25, -0.2) is 5.84 Å². The SMILES string of the molecule is Cc1cc(CN2CCCC2C)oc1C(=O)NN. The molecule has 17 heavy (non-hydrogen) atoms. The Morgan fingerprint density at radius 3 is 3.06 bits per heavy atom. The Morgan fingerprint density at radius 1 is 1.71 bits per heavy atom. The predicted octanol–water partition coefficient (Wildman–Crippen LogP) is 1.18. The van der Waals surface area contributed by atoms with Gasteiger partial charge in [0.15, 0.2) is 5.76 Å². The van der Waals surface area contributed by atoms with Gasteiger partial charge < -0.3 is 4.42 Å². The second kappa shape index (κ2) is 4.89. The fraction of sp³-hybridized carbons (Fsp3) is 0.583. The summed E-state index contributed by atoms with van der Waals surface area (Å²) in [5.74, 6) is 5.87. The van der Waals surface area contributed by atoms with Crippen LogP contribution in [0.1, 0.15) is 41.6 Å². The molecule has 0 saturated carbocycles. The van der Waals surface area contributed by atoms with Gasteiger partial charge in [0.1, 0.15) is 5.76 Å². The van der Waals surface area contributed by atoms with Crippen LogP contribution in [0, 0.1) is 6.92 Å². The molecule has 1 aliphatic rings. The summed E-state index contributed by atoms with van der Waals surface area (Å²) >= 11 is 0. The minimum absolute atomic E-state index is 0.314. The molecule has 1 aromatic heterocycles. The van der Waals surface area contributed by atoms with E-state index < -0.39 is 0 Å². The van der Waals surface area contributed by atoms with E-state index in [-0.39, 0.29) is 5.91 Å². The van der Waals surface area contributed by atoms with Gasteiger partial charge in [0.2, 0.25) is 0 Å². The number of furan rings is 1. The average molecular weight is 237 g/mol. The quantitative estimate of drug-likeness (QED) is 0.470. The summed E-state index contributed by atoms with van der Waals surface area (Å²) in [6.45, 7) is 5.93. The third kappa shape index (κ3) is 2.50. The largest absolute Gasteiger partial charge is 0.454 e. The summed E-state index contributed by atoms with van der Waals surface area (Å²) in [7, 11) is 0. The summed E-state index contributed by atoms with van der Waals surface area (Å²) in [5.41, 5.74) is 2.92. The van der Waals surface area contributed by atoms with Crippen molar-refractivity contribution >= 4 is 5.91 Å². The zero-order chi connectivity index (χ0) is 12.4. The van der Waals surface area contributed by atoms with Crippen molar-refractivity contribution in [3.05, 3.63) is 23.2 Å². The van der Waals surface area contributed by atoms with E-state index in [1.807, 2.05) is 13.0 Å². The van der Waals surface area contributed by atoms with E-state index in [1.165, 1.54) is 12.8 Å². The highest BCUT2D eigenvalue weighted by Gasteiger charge is 2.22. The molecule has 5 nitrogen and oxygen atoms in total. The number of likely N-dealkylation sites (tertiary alicyclic amines) is 1. The second-order valence-corrected chi connectivity index (χ2v) is 4.66. The lowest BCUT2D eigenvalue weighted by molar-refractivity contribution is 0.0921. The number of carbonyl (C=O) groups is 1. The second-order valence-electron chi connectivity index (χ2n) is 4.66. The summed E-state index contributed by atoms with van der Waals surface area (Å²) < 4.78 is 5.54. The summed E-state index contributed by atoms with van der Waals surface area (Å²) in [6, 6.07) is 2.50. The van der Waals surface area contributed by atoms with Crippen molar-refractivity contribution in [2.45, 2.75) is 39.3 Å². The number of rotatable bonds is 3. The molecular formula is C12H19N3O2. The zero-order valence-electron chi connectivity index (χ0n) is 10.3. The van der Waals surface area contributed by atoms with Crippen LogP contribution in [0.5, 0.6) is 0 Å². The number of hydrogen-bond donors (Lipinski definition) is 2. The lowest BCUT2D eigenvalue weighted by Crippen LogP contribution is -2.30. The number of nitrogens with one attached hydrogen (secondary N) is 1. The van der Waals surface area contributed by atoms with E-state index in [0.717, 1.165) is 24.4 Å². The number of nitrogens with two attached hydrogens (primary N) is 1. The molecule has 2 heterocycles. The minimum atomic E-state index is -0.372. The number of aryl methyl sites for hydroxylation is 1. The van der Waals surface area contributed by atoms with Crippen LogP contribution in [0.25, 0.3) is 0 Å². The molecule has 0 radical (unpaired) electrons. The predicted molar refractivity (Wildman–Crippen MR) is 64.2 cm³/mol. The first-order chi connectivity index (χ1) is 8.11. The highest BCUT2D eigenvalue weighted by molar-refractivity contribution is 5.92. The molecule has 2 rings (SSSR count). The lowest BCUT2D eigenvalue weighted by Gasteiger charge is -2.19. The van der Waals surface area contributed by atoms with Gasteiger partial charge in [-0.1, -0.05) is 0 Å². The van der Waals surface area contributed by atoms with Gasteiger partial charge in [-0.15, -0.1) is 0 Å². The monoisotopic (exact) mass is 237 g/mol. The normalized spacial score (nSPS) is 20.8. The Bertz CT molecular complexity index is 414. The molecule has 1 unspecified atom stereocenters. The van der Waals surface area contributed by atoms with Gasteiger partial charge in [-0.2, -0.15) is 0 Å². The van der Waals surface area contributed by atoms with Gasteiger partial charge in [0.25, 0.3) is 0 Å². The molecule has 94 valence electrons. The highest BCUT2D eigenvalue weighted by atomic mass is 16.4. The summed E-state index contributed by atoms with van der Waals surface area (Å²) in [6.07, 6.45) is 2.47. The van der Waals surface area contributed by atoms with Gasteiger partial charge in [0, 0.05) is 11.6 Å². The van der Waals surface area contributed by atoms with Gasteiger partial charge in [-0.3, -0.25) is 15.1 Å². The first kappa shape index (κ1) is 12.1. The van der Waals surface area contributed by atoms with E-state index >= 15 is 0 Å². The van der Waals surface area contributed by atoms with E-state index in [4.69, 9.17) is 10.3 Å². The number of nitrogens with zero attached hydrogens (tertiary/aromatic N) is 1. The molecule has 1 aliphatic heterocycles. The Kier molecular flexibility index (Phi) is 3.49. The van der Waals surface area contributed by atoms with Gasteiger partial charge in [-0.05, 0) is 39.3 Å². The molecule has 3 N–H and O–H groups in total. The Balaban J connectivity index is 2.09. The molecule has 0 bridgehead atoms. The van der Waals surface area contributed by atoms with Crippen molar-refractivity contribution in [1.82, 2.24) is 10.3 Å². The first-order valence-electron chi connectivity index (χ1n) is 5.96. The molecule has 0 spiro atoms. The van der Waals surface area contributed by atoms with Crippen molar-refractivity contribution in [3.8, 4) is 0 Å². The first-order valence-corrected chi connectivity index (χ1v) is 5.96. The Hall–Kier alpha value is -1.33. The fourth-order valence-corrected chi connectivity index (χ4v) is 2.34. The number of carbonyl (C=O) groups excluding carboxylic acids is 1. The number of hydrogen-bond acceptors (Lipinski definition) is 4. The Morgan fingerprint density at radius 2 is 2.47 bits per heavy atom. The Labute approximate surface area is 101 Å². The molecule has 5 heteroatoms. The number of nitrogen functional groups attached to an aromatic ring is 1. The third-order valence-electron chi connectivity index (χ3n) is 3.36. The molecule has 1 atom stereocenters. The number of amides is 1. The van der Waals surface area contributed by atoms with Crippen LogP contribution >= 0.6 is 0 Å². The van der Waals surface area contributed by atoms with Crippen molar-refractivity contribution in [2.24, 2.45) is 5.84 Å². The van der Waals surface area contributed by atoms with Crippen molar-refractivity contribution in [3.63, 3.8) is 0 Å². The summed E-state index contributed by atoms with van der Waals surface area (Å²) in [4.78, 5) is 13.8. The molecule has 1 fully saturated rings. The summed E-state index contributed by atoms with van der Waals surface area (Å²) in [5, 5.41) is 0. The molecule has 0 aliphatic carbocycles. The standard InChI is InChI=1S/C12H19N3O2/c1-8-6-10(17-11(8)12(16)14-13)7-15-5-3-4-9(15)2/h6,9H,3-5,7,13H2,1-2H3,(H,14,16). The van der Waals surface area contributed by atoms with Gasteiger partial charge in [0.05, 0.1) is 6.54 Å². The smallest absolute Gasteiger partial charge is 0.301 e. The highest BCUT2D eigenvalue weighted by Crippen LogP contribution is 2.22. The van der Waals surface area contributed by atoms with Crippen LogP contribution in [0.3, 0.4) is 0 Å².